The molecule has 2 unspecified atom stereocenters. The molecular formula is C33H36ClFN6O2. The first kappa shape index (κ1) is 29.2. The molecular weight excluding hydrogens is 567 g/mol. The van der Waals surface area contributed by atoms with Crippen molar-refractivity contribution < 1.29 is 13.9 Å². The number of anilines is 2. The minimum absolute atomic E-state index is 0.107. The van der Waals surface area contributed by atoms with Gasteiger partial charge in [-0.15, -0.1) is 0 Å². The molecule has 6 rings (SSSR count). The highest BCUT2D eigenvalue weighted by atomic mass is 35.5. The lowest BCUT2D eigenvalue weighted by atomic mass is 9.98. The first-order valence-corrected chi connectivity index (χ1v) is 15.3. The van der Waals surface area contributed by atoms with Gasteiger partial charge in [-0.1, -0.05) is 42.4 Å². The van der Waals surface area contributed by atoms with Crippen LogP contribution in [0.3, 0.4) is 0 Å². The van der Waals surface area contributed by atoms with Gasteiger partial charge in [0.25, 0.3) is 5.91 Å². The van der Waals surface area contributed by atoms with Gasteiger partial charge >= 0.3 is 0 Å². The Bertz CT molecular complexity index is 1590. The average Bonchev–Trinajstić information content (AvgIpc) is 3.43. The van der Waals surface area contributed by atoms with Gasteiger partial charge in [-0.25, -0.2) is 9.37 Å². The van der Waals surface area contributed by atoms with Crippen LogP contribution in [0.1, 0.15) is 30.5 Å². The van der Waals surface area contributed by atoms with E-state index >= 15 is 0 Å². The lowest BCUT2D eigenvalue weighted by Gasteiger charge is -2.43. The van der Waals surface area contributed by atoms with Gasteiger partial charge in [0.05, 0.1) is 35.8 Å². The summed E-state index contributed by atoms with van der Waals surface area (Å²) in [5.74, 6) is -1.18. The van der Waals surface area contributed by atoms with E-state index in [1.807, 2.05) is 18.2 Å². The Balaban J connectivity index is 1.34. The number of hydrogen-bond donors (Lipinski definition) is 0. The Labute approximate surface area is 256 Å². The standard InChI is InChI=1S/C33H36ClFN6O2/c1-22(35)33(42)41-17-16-40(19-24(41)11-13-36)30-18-31(43-21-25-8-5-14-38(25)2)37-28-20-39(15-12-26(28)30)29-10-4-7-23-6-3-9-27(34)32(23)29/h3-4,6-7,9-10,18,24-25H,1,5,8,11-12,14-17,19-21H2,2H3. The molecule has 0 bridgehead atoms. The van der Waals surface area contributed by atoms with E-state index in [-0.39, 0.29) is 6.42 Å². The lowest BCUT2D eigenvalue weighted by molar-refractivity contribution is -0.131. The zero-order valence-electron chi connectivity index (χ0n) is 24.4. The molecule has 0 radical (unpaired) electrons. The molecule has 2 atom stereocenters. The van der Waals surface area contributed by atoms with E-state index in [1.54, 1.807) is 0 Å². The minimum Gasteiger partial charge on any atom is -0.476 e. The number of hydrogen-bond acceptors (Lipinski definition) is 7. The number of fused-ring (bicyclic) bond motifs is 2. The van der Waals surface area contributed by atoms with E-state index in [1.165, 1.54) is 4.90 Å². The van der Waals surface area contributed by atoms with Crippen LogP contribution in [-0.2, 0) is 17.8 Å². The summed E-state index contributed by atoms with van der Waals surface area (Å²) in [5, 5.41) is 12.3. The fourth-order valence-corrected chi connectivity index (χ4v) is 7.02. The molecule has 0 spiro atoms. The molecule has 2 aromatic carbocycles. The van der Waals surface area contributed by atoms with Crippen molar-refractivity contribution >= 4 is 39.7 Å². The van der Waals surface area contributed by atoms with Crippen molar-refractivity contribution in [1.82, 2.24) is 14.8 Å². The minimum atomic E-state index is -1.00. The van der Waals surface area contributed by atoms with Gasteiger partial charge in [-0.05, 0) is 50.4 Å². The Morgan fingerprint density at radius 3 is 2.70 bits per heavy atom. The monoisotopic (exact) mass is 602 g/mol. The quantitative estimate of drug-likeness (QED) is 0.338. The van der Waals surface area contributed by atoms with Crippen molar-refractivity contribution in [3.63, 3.8) is 0 Å². The van der Waals surface area contributed by atoms with Crippen LogP contribution >= 0.6 is 11.6 Å². The summed E-state index contributed by atoms with van der Waals surface area (Å²) in [6.07, 6.45) is 3.11. The lowest BCUT2D eigenvalue weighted by Crippen LogP contribution is -2.55. The number of rotatable bonds is 7. The van der Waals surface area contributed by atoms with Gasteiger partial charge in [0.2, 0.25) is 5.88 Å². The number of nitriles is 1. The molecule has 0 saturated carbocycles. The maximum Gasteiger partial charge on any atom is 0.282 e. The van der Waals surface area contributed by atoms with Gasteiger partial charge in [-0.2, -0.15) is 5.26 Å². The molecule has 3 aliphatic heterocycles. The molecule has 1 aromatic heterocycles. The van der Waals surface area contributed by atoms with E-state index in [0.717, 1.165) is 70.8 Å². The maximum absolute atomic E-state index is 13.8. The normalized spacial score (nSPS) is 20.7. The van der Waals surface area contributed by atoms with Crippen LogP contribution in [0, 0.1) is 11.3 Å². The van der Waals surface area contributed by atoms with E-state index < -0.39 is 17.8 Å². The second-order valence-electron chi connectivity index (χ2n) is 11.6. The van der Waals surface area contributed by atoms with Gasteiger partial charge in [-0.3, -0.25) is 4.79 Å². The summed E-state index contributed by atoms with van der Waals surface area (Å²) in [6, 6.07) is 16.3. The second-order valence-corrected chi connectivity index (χ2v) is 12.1. The summed E-state index contributed by atoms with van der Waals surface area (Å²) in [4.78, 5) is 25.8. The van der Waals surface area contributed by atoms with Gasteiger partial charge in [0, 0.05) is 60.6 Å². The topological polar surface area (TPSA) is 75.9 Å². The fraction of sp³-hybridized carbons (Fsp3) is 0.424. The van der Waals surface area contributed by atoms with Crippen LogP contribution in [0.25, 0.3) is 10.8 Å². The zero-order chi connectivity index (χ0) is 30.1. The number of amides is 1. The summed E-state index contributed by atoms with van der Waals surface area (Å²) in [7, 11) is 2.13. The highest BCUT2D eigenvalue weighted by molar-refractivity contribution is 6.36. The number of piperazine rings is 1. The van der Waals surface area contributed by atoms with E-state index in [9.17, 15) is 14.4 Å². The molecule has 43 heavy (non-hydrogen) atoms. The van der Waals surface area contributed by atoms with E-state index in [2.05, 4.69) is 58.7 Å². The molecule has 2 fully saturated rings. The van der Waals surface area contributed by atoms with Gasteiger partial charge < -0.3 is 24.3 Å². The molecule has 0 aliphatic carbocycles. The number of ether oxygens (including phenoxy) is 1. The number of pyridine rings is 1. The number of nitrogens with zero attached hydrogens (tertiary/aromatic N) is 6. The zero-order valence-corrected chi connectivity index (χ0v) is 25.2. The number of carbonyl (C=O) groups excluding carboxylic acids is 1. The molecule has 4 heterocycles. The highest BCUT2D eigenvalue weighted by Gasteiger charge is 2.34. The molecule has 1 amide bonds. The number of likely N-dealkylation sites (tertiary alicyclic amines) is 1. The van der Waals surface area contributed by atoms with Crippen LogP contribution in [0.5, 0.6) is 5.88 Å². The van der Waals surface area contributed by atoms with Crippen molar-refractivity contribution in [1.29, 1.82) is 5.26 Å². The molecule has 10 heteroatoms. The Kier molecular flexibility index (Phi) is 8.42. The number of halogens is 2. The van der Waals surface area contributed by atoms with Crippen molar-refractivity contribution in [3.8, 4) is 11.9 Å². The van der Waals surface area contributed by atoms with Crippen molar-refractivity contribution in [2.75, 3.05) is 56.2 Å². The molecule has 2 saturated heterocycles. The van der Waals surface area contributed by atoms with Gasteiger partial charge in [0.15, 0.2) is 5.83 Å². The third-order valence-corrected chi connectivity index (χ3v) is 9.36. The van der Waals surface area contributed by atoms with Crippen LogP contribution in [0.4, 0.5) is 15.8 Å². The third kappa shape index (κ3) is 5.86. The third-order valence-electron chi connectivity index (χ3n) is 9.05. The number of benzene rings is 2. The largest absolute Gasteiger partial charge is 0.476 e. The average molecular weight is 603 g/mol. The van der Waals surface area contributed by atoms with Crippen LogP contribution in [-0.4, -0.2) is 79.2 Å². The van der Waals surface area contributed by atoms with E-state index in [4.69, 9.17) is 21.3 Å². The van der Waals surface area contributed by atoms with Crippen molar-refractivity contribution in [2.24, 2.45) is 0 Å². The highest BCUT2D eigenvalue weighted by Crippen LogP contribution is 2.38. The Morgan fingerprint density at radius 2 is 1.95 bits per heavy atom. The number of likely N-dealkylation sites (N-methyl/N-ethyl adjacent to an activating group) is 1. The molecule has 3 aliphatic rings. The summed E-state index contributed by atoms with van der Waals surface area (Å²) < 4.78 is 20.2. The predicted octanol–water partition coefficient (Wildman–Crippen LogP) is 5.34. The fourth-order valence-electron chi connectivity index (χ4n) is 6.74. The molecule has 3 aromatic rings. The van der Waals surface area contributed by atoms with Crippen molar-refractivity contribution in [3.05, 3.63) is 71.2 Å². The maximum atomic E-state index is 13.8. The van der Waals surface area contributed by atoms with Crippen LogP contribution < -0.4 is 14.5 Å². The van der Waals surface area contributed by atoms with Gasteiger partial charge in [0.1, 0.15) is 6.61 Å². The number of aromatic nitrogens is 1. The predicted molar refractivity (Wildman–Crippen MR) is 167 cm³/mol. The SMILES string of the molecule is C=C(F)C(=O)N1CCN(c2cc(OCC3CCCN3C)nc3c2CCN(c2cccc4cccc(Cl)c24)C3)CC1CC#N. The molecule has 8 nitrogen and oxygen atoms in total. The summed E-state index contributed by atoms with van der Waals surface area (Å²) in [5.41, 5.74) is 4.15. The smallest absolute Gasteiger partial charge is 0.282 e. The van der Waals surface area contributed by atoms with Crippen molar-refractivity contribution in [2.45, 2.75) is 44.3 Å². The Hall–Kier alpha value is -3.87. The van der Waals surface area contributed by atoms with Crippen LogP contribution in [0.2, 0.25) is 5.02 Å². The van der Waals surface area contributed by atoms with Crippen LogP contribution in [0.15, 0.2) is 54.9 Å². The number of carbonyl (C=O) groups is 1. The summed E-state index contributed by atoms with van der Waals surface area (Å²) >= 11 is 6.69. The molecule has 0 N–H and O–H groups in total. The Morgan fingerprint density at radius 1 is 1.14 bits per heavy atom. The first-order valence-electron chi connectivity index (χ1n) is 14.9. The summed E-state index contributed by atoms with van der Waals surface area (Å²) in [6.45, 7) is 7.40. The first-order chi connectivity index (χ1) is 20.8. The van der Waals surface area contributed by atoms with E-state index in [0.29, 0.717) is 44.7 Å². The molecule has 224 valence electrons. The second kappa shape index (κ2) is 12.4.